The molecule has 1 heteroatoms. The van der Waals surface area contributed by atoms with Gasteiger partial charge in [0.1, 0.15) is 0 Å². The van der Waals surface area contributed by atoms with Crippen molar-refractivity contribution in [2.75, 3.05) is 0 Å². The van der Waals surface area contributed by atoms with Crippen molar-refractivity contribution in [3.8, 4) is 0 Å². The predicted octanol–water partition coefficient (Wildman–Crippen LogP) is 2.55. The van der Waals surface area contributed by atoms with E-state index in [9.17, 15) is 5.11 Å². The smallest absolute Gasteiger partial charge is 0.0961 e. The first kappa shape index (κ1) is 7.80. The molecule has 0 aromatic carbocycles. The zero-order valence-electron chi connectivity index (χ0n) is 6.38. The average Bonchev–Trinajstić information content (AvgIpc) is 1.94. The molecule has 0 aromatic rings. The standard InChI is InChI=1S/C9H15O/c1-2-5-8-6-3-4-7-9(8)10/h2,8-9H,1,3-7H2. The number of hydrogen-bond donors (Lipinski definition) is 0. The van der Waals surface area contributed by atoms with Crippen LogP contribution >= 0.6 is 0 Å². The molecule has 0 aromatic heterocycles. The summed E-state index contributed by atoms with van der Waals surface area (Å²) in [5.74, 6) is 0.395. The summed E-state index contributed by atoms with van der Waals surface area (Å²) < 4.78 is 0. The molecule has 1 rings (SSSR count). The third-order valence-corrected chi connectivity index (χ3v) is 2.31. The summed E-state index contributed by atoms with van der Waals surface area (Å²) in [6.07, 6.45) is 6.90. The van der Waals surface area contributed by atoms with E-state index in [1.807, 2.05) is 6.08 Å². The van der Waals surface area contributed by atoms with E-state index in [1.54, 1.807) is 0 Å². The number of hydrogen-bond acceptors (Lipinski definition) is 0. The van der Waals surface area contributed by atoms with E-state index in [0.717, 1.165) is 25.7 Å². The van der Waals surface area contributed by atoms with Gasteiger partial charge in [-0.05, 0) is 25.2 Å². The van der Waals surface area contributed by atoms with Gasteiger partial charge in [0.2, 0.25) is 0 Å². The number of allylic oxidation sites excluding steroid dienone is 1. The SMILES string of the molecule is C=CCC1CCCCC1[O]. The van der Waals surface area contributed by atoms with E-state index in [0.29, 0.717) is 5.92 Å². The molecule has 1 aliphatic carbocycles. The van der Waals surface area contributed by atoms with Crippen LogP contribution in [0.2, 0.25) is 0 Å². The molecule has 0 amide bonds. The Morgan fingerprint density at radius 2 is 2.10 bits per heavy atom. The summed E-state index contributed by atoms with van der Waals surface area (Å²) in [4.78, 5) is 0. The molecular weight excluding hydrogens is 124 g/mol. The van der Waals surface area contributed by atoms with E-state index in [2.05, 4.69) is 6.58 Å². The third kappa shape index (κ3) is 1.84. The summed E-state index contributed by atoms with van der Waals surface area (Å²) in [5, 5.41) is 11.2. The maximum absolute atomic E-state index is 11.2. The topological polar surface area (TPSA) is 19.9 Å². The van der Waals surface area contributed by atoms with Crippen LogP contribution in [0.3, 0.4) is 0 Å². The Morgan fingerprint density at radius 3 is 2.70 bits per heavy atom. The fourth-order valence-corrected chi connectivity index (χ4v) is 1.66. The van der Waals surface area contributed by atoms with Crippen molar-refractivity contribution in [3.63, 3.8) is 0 Å². The lowest BCUT2D eigenvalue weighted by Crippen LogP contribution is -2.22. The first-order valence-corrected chi connectivity index (χ1v) is 4.11. The highest BCUT2D eigenvalue weighted by atomic mass is 16.3. The lowest BCUT2D eigenvalue weighted by atomic mass is 9.84. The Bertz CT molecular complexity index is 109. The van der Waals surface area contributed by atoms with Gasteiger partial charge in [-0.3, -0.25) is 0 Å². The quantitative estimate of drug-likeness (QED) is 0.524. The Morgan fingerprint density at radius 1 is 1.40 bits per heavy atom. The summed E-state index contributed by atoms with van der Waals surface area (Å²) in [6.45, 7) is 3.65. The van der Waals surface area contributed by atoms with Crippen LogP contribution in [-0.2, 0) is 5.11 Å². The molecule has 1 aliphatic rings. The van der Waals surface area contributed by atoms with Crippen LogP contribution in [0.5, 0.6) is 0 Å². The lowest BCUT2D eigenvalue weighted by Gasteiger charge is -2.24. The van der Waals surface area contributed by atoms with Gasteiger partial charge in [-0.15, -0.1) is 6.58 Å². The largest absolute Gasteiger partial charge is 0.233 e. The van der Waals surface area contributed by atoms with Crippen LogP contribution in [0.1, 0.15) is 32.1 Å². The molecular formula is C9H15O. The second-order valence-electron chi connectivity index (χ2n) is 3.11. The monoisotopic (exact) mass is 139 g/mol. The van der Waals surface area contributed by atoms with E-state index < -0.39 is 0 Å². The van der Waals surface area contributed by atoms with Gasteiger partial charge in [0.15, 0.2) is 0 Å². The Hall–Kier alpha value is -0.300. The van der Waals surface area contributed by atoms with Crippen molar-refractivity contribution in [1.82, 2.24) is 0 Å². The molecule has 0 saturated heterocycles. The number of rotatable bonds is 2. The molecule has 0 bridgehead atoms. The van der Waals surface area contributed by atoms with Crippen LogP contribution in [0.4, 0.5) is 0 Å². The molecule has 10 heavy (non-hydrogen) atoms. The minimum absolute atomic E-state index is 0.299. The summed E-state index contributed by atoms with van der Waals surface area (Å²) in [7, 11) is 0. The molecule has 0 N–H and O–H groups in total. The van der Waals surface area contributed by atoms with E-state index in [-0.39, 0.29) is 6.10 Å². The minimum atomic E-state index is -0.299. The van der Waals surface area contributed by atoms with Crippen LogP contribution in [0, 0.1) is 5.92 Å². The molecule has 2 atom stereocenters. The molecule has 0 heterocycles. The van der Waals surface area contributed by atoms with Crippen molar-refractivity contribution in [2.24, 2.45) is 5.92 Å². The lowest BCUT2D eigenvalue weighted by molar-refractivity contribution is 0.00946. The highest BCUT2D eigenvalue weighted by molar-refractivity contribution is 4.80. The van der Waals surface area contributed by atoms with Crippen molar-refractivity contribution in [1.29, 1.82) is 0 Å². The molecule has 0 spiro atoms. The second kappa shape index (κ2) is 3.77. The second-order valence-corrected chi connectivity index (χ2v) is 3.11. The van der Waals surface area contributed by atoms with Gasteiger partial charge in [0, 0.05) is 0 Å². The Balaban J connectivity index is 2.32. The molecule has 1 saturated carbocycles. The first-order chi connectivity index (χ1) is 4.84. The summed E-state index contributed by atoms with van der Waals surface area (Å²) in [5.41, 5.74) is 0. The van der Waals surface area contributed by atoms with Crippen molar-refractivity contribution >= 4 is 0 Å². The molecule has 1 nitrogen and oxygen atoms in total. The van der Waals surface area contributed by atoms with E-state index in [4.69, 9.17) is 0 Å². The molecule has 2 unspecified atom stereocenters. The molecule has 1 radical (unpaired) electrons. The van der Waals surface area contributed by atoms with Crippen LogP contribution in [0.25, 0.3) is 0 Å². The predicted molar refractivity (Wildman–Crippen MR) is 41.2 cm³/mol. The van der Waals surface area contributed by atoms with Gasteiger partial charge < -0.3 is 0 Å². The maximum atomic E-state index is 11.2. The molecule has 57 valence electrons. The normalized spacial score (nSPS) is 33.7. The zero-order chi connectivity index (χ0) is 7.40. The van der Waals surface area contributed by atoms with Crippen LogP contribution in [0.15, 0.2) is 12.7 Å². The van der Waals surface area contributed by atoms with Crippen molar-refractivity contribution in [3.05, 3.63) is 12.7 Å². The van der Waals surface area contributed by atoms with E-state index in [1.165, 1.54) is 6.42 Å². The van der Waals surface area contributed by atoms with Crippen LogP contribution < -0.4 is 0 Å². The van der Waals surface area contributed by atoms with Gasteiger partial charge in [0.05, 0.1) is 6.10 Å². The summed E-state index contributed by atoms with van der Waals surface area (Å²) in [6, 6.07) is 0. The minimum Gasteiger partial charge on any atom is -0.233 e. The fraction of sp³-hybridized carbons (Fsp3) is 0.778. The van der Waals surface area contributed by atoms with Crippen molar-refractivity contribution in [2.45, 2.75) is 38.2 Å². The molecule has 1 fully saturated rings. The maximum Gasteiger partial charge on any atom is 0.0961 e. The first-order valence-electron chi connectivity index (χ1n) is 4.11. The third-order valence-electron chi connectivity index (χ3n) is 2.31. The average molecular weight is 139 g/mol. The highest BCUT2D eigenvalue weighted by Crippen LogP contribution is 2.27. The van der Waals surface area contributed by atoms with Gasteiger partial charge in [-0.1, -0.05) is 18.9 Å². The fourth-order valence-electron chi connectivity index (χ4n) is 1.66. The summed E-state index contributed by atoms with van der Waals surface area (Å²) >= 11 is 0. The van der Waals surface area contributed by atoms with Crippen LogP contribution in [-0.4, -0.2) is 6.10 Å². The zero-order valence-corrected chi connectivity index (χ0v) is 6.38. The van der Waals surface area contributed by atoms with Gasteiger partial charge in [0.25, 0.3) is 0 Å². The highest BCUT2D eigenvalue weighted by Gasteiger charge is 2.22. The van der Waals surface area contributed by atoms with Gasteiger partial charge in [-0.2, -0.15) is 0 Å². The Labute approximate surface area is 62.8 Å². The van der Waals surface area contributed by atoms with Gasteiger partial charge >= 0.3 is 0 Å². The van der Waals surface area contributed by atoms with Crippen molar-refractivity contribution < 1.29 is 5.11 Å². The molecule has 0 aliphatic heterocycles. The van der Waals surface area contributed by atoms with E-state index >= 15 is 0 Å². The Kier molecular flexibility index (Phi) is 2.94. The van der Waals surface area contributed by atoms with Gasteiger partial charge in [-0.25, -0.2) is 5.11 Å².